The van der Waals surface area contributed by atoms with E-state index in [0.717, 1.165) is 25.2 Å². The molecule has 192 valence electrons. The van der Waals surface area contributed by atoms with E-state index in [1.165, 1.54) is 0 Å². The molecule has 0 aliphatic carbocycles. The highest BCUT2D eigenvalue weighted by molar-refractivity contribution is 5.59. The van der Waals surface area contributed by atoms with Gasteiger partial charge in [-0.1, -0.05) is 32.0 Å². The van der Waals surface area contributed by atoms with E-state index < -0.39 is 5.60 Å². The standard InChI is InChI=1S/C29H35NO6/c1-6-30(7-2)14-15-35-21-12-13-23-25(18-21)36-24-11-9-8-10-22(24)29(23,31)19-20-16-26(32-3)28(34-5)27(17-20)33-4/h8-13,16-18,31H,6-7,14-15,19H2,1-5H3. The second-order valence-electron chi connectivity index (χ2n) is 8.70. The molecule has 1 atom stereocenters. The summed E-state index contributed by atoms with van der Waals surface area (Å²) in [7, 11) is 4.73. The predicted molar refractivity (Wildman–Crippen MR) is 139 cm³/mol. The van der Waals surface area contributed by atoms with Crippen LogP contribution in [0.3, 0.4) is 0 Å². The number of para-hydroxylation sites is 1. The van der Waals surface area contributed by atoms with Crippen molar-refractivity contribution in [3.05, 3.63) is 71.3 Å². The highest BCUT2D eigenvalue weighted by atomic mass is 16.5. The Labute approximate surface area is 213 Å². The van der Waals surface area contributed by atoms with Crippen LogP contribution >= 0.6 is 0 Å². The molecule has 36 heavy (non-hydrogen) atoms. The average molecular weight is 494 g/mol. The minimum atomic E-state index is -1.34. The first-order valence-electron chi connectivity index (χ1n) is 12.3. The van der Waals surface area contributed by atoms with Crippen molar-refractivity contribution in [2.24, 2.45) is 0 Å². The summed E-state index contributed by atoms with van der Waals surface area (Å²) < 4.78 is 28.8. The maximum Gasteiger partial charge on any atom is 0.203 e. The third kappa shape index (κ3) is 4.94. The van der Waals surface area contributed by atoms with Gasteiger partial charge in [0.1, 0.15) is 29.5 Å². The van der Waals surface area contributed by atoms with Crippen molar-refractivity contribution in [2.45, 2.75) is 25.9 Å². The number of fused-ring (bicyclic) bond motifs is 2. The Morgan fingerprint density at radius 3 is 2.14 bits per heavy atom. The van der Waals surface area contributed by atoms with Crippen LogP contribution in [0.15, 0.2) is 54.6 Å². The van der Waals surface area contributed by atoms with Gasteiger partial charge >= 0.3 is 0 Å². The van der Waals surface area contributed by atoms with E-state index in [-0.39, 0.29) is 6.42 Å². The fourth-order valence-electron chi connectivity index (χ4n) is 4.74. The molecular formula is C29H35NO6. The highest BCUT2D eigenvalue weighted by Crippen LogP contribution is 2.50. The van der Waals surface area contributed by atoms with Gasteiger partial charge < -0.3 is 33.7 Å². The summed E-state index contributed by atoms with van der Waals surface area (Å²) in [5.41, 5.74) is 0.857. The largest absolute Gasteiger partial charge is 0.493 e. The van der Waals surface area contributed by atoms with Gasteiger partial charge in [-0.05, 0) is 49.0 Å². The van der Waals surface area contributed by atoms with Crippen molar-refractivity contribution >= 4 is 0 Å². The number of rotatable bonds is 11. The topological polar surface area (TPSA) is 69.6 Å². The molecule has 0 amide bonds. The smallest absolute Gasteiger partial charge is 0.203 e. The van der Waals surface area contributed by atoms with Crippen molar-refractivity contribution in [2.75, 3.05) is 47.6 Å². The van der Waals surface area contributed by atoms with Gasteiger partial charge in [-0.2, -0.15) is 0 Å². The van der Waals surface area contributed by atoms with Crippen LogP contribution in [0, 0.1) is 0 Å². The zero-order valence-corrected chi connectivity index (χ0v) is 21.7. The third-order valence-corrected chi connectivity index (χ3v) is 6.71. The second-order valence-corrected chi connectivity index (χ2v) is 8.70. The lowest BCUT2D eigenvalue weighted by Crippen LogP contribution is -2.33. The molecule has 3 aromatic rings. The Morgan fingerprint density at radius 2 is 1.50 bits per heavy atom. The van der Waals surface area contributed by atoms with Crippen LogP contribution in [0.25, 0.3) is 0 Å². The van der Waals surface area contributed by atoms with Crippen LogP contribution in [0.1, 0.15) is 30.5 Å². The molecule has 0 saturated carbocycles. The number of nitrogens with zero attached hydrogens (tertiary/aromatic N) is 1. The van der Waals surface area contributed by atoms with Crippen LogP contribution in [0.5, 0.6) is 34.5 Å². The Hall–Kier alpha value is -3.42. The first-order valence-corrected chi connectivity index (χ1v) is 12.3. The maximum absolute atomic E-state index is 12.2. The first-order chi connectivity index (χ1) is 17.5. The number of hydrogen-bond donors (Lipinski definition) is 1. The SMILES string of the molecule is CCN(CC)CCOc1ccc2c(c1)Oc1ccccc1C2(O)Cc1cc(OC)c(OC)c(OC)c1. The molecule has 0 bridgehead atoms. The summed E-state index contributed by atoms with van der Waals surface area (Å²) in [6.45, 7) is 7.67. The van der Waals surface area contributed by atoms with Gasteiger partial charge in [-0.25, -0.2) is 0 Å². The molecule has 7 heteroatoms. The van der Waals surface area contributed by atoms with Gasteiger partial charge in [-0.15, -0.1) is 0 Å². The summed E-state index contributed by atoms with van der Waals surface area (Å²) in [4.78, 5) is 2.31. The molecule has 7 nitrogen and oxygen atoms in total. The van der Waals surface area contributed by atoms with Crippen molar-refractivity contribution in [3.8, 4) is 34.5 Å². The molecule has 0 radical (unpaired) electrons. The average Bonchev–Trinajstić information content (AvgIpc) is 2.90. The minimum Gasteiger partial charge on any atom is -0.493 e. The molecule has 1 N–H and O–H groups in total. The number of likely N-dealkylation sites (N-methyl/N-ethyl adjacent to an activating group) is 1. The van der Waals surface area contributed by atoms with Crippen molar-refractivity contribution in [1.29, 1.82) is 0 Å². The molecule has 1 aliphatic heterocycles. The van der Waals surface area contributed by atoms with E-state index in [1.54, 1.807) is 21.3 Å². The normalized spacial score (nSPS) is 16.1. The second kappa shape index (κ2) is 11.1. The summed E-state index contributed by atoms with van der Waals surface area (Å²) in [5.74, 6) is 3.47. The van der Waals surface area contributed by atoms with Crippen LogP contribution < -0.4 is 23.7 Å². The molecule has 0 saturated heterocycles. The quantitative estimate of drug-likeness (QED) is 0.402. The molecule has 1 aliphatic rings. The minimum absolute atomic E-state index is 0.277. The zero-order chi connectivity index (χ0) is 25.7. The van der Waals surface area contributed by atoms with Crippen molar-refractivity contribution in [3.63, 3.8) is 0 Å². The molecule has 0 spiro atoms. The van der Waals surface area contributed by atoms with E-state index in [2.05, 4.69) is 18.7 Å². The van der Waals surface area contributed by atoms with Crippen molar-refractivity contribution < 1.29 is 28.8 Å². The first kappa shape index (κ1) is 25.7. The summed E-state index contributed by atoms with van der Waals surface area (Å²) in [6, 6.07) is 16.9. The fourth-order valence-corrected chi connectivity index (χ4v) is 4.74. The maximum atomic E-state index is 12.2. The molecule has 4 rings (SSSR count). The van der Waals surface area contributed by atoms with Gasteiger partial charge in [0.15, 0.2) is 11.5 Å². The molecule has 1 unspecified atom stereocenters. The summed E-state index contributed by atoms with van der Waals surface area (Å²) in [5, 5.41) is 12.2. The molecule has 0 aromatic heterocycles. The predicted octanol–water partition coefficient (Wildman–Crippen LogP) is 5.02. The van der Waals surface area contributed by atoms with E-state index in [4.69, 9.17) is 23.7 Å². The Bertz CT molecular complexity index is 1170. The number of ether oxygens (including phenoxy) is 5. The molecule has 1 heterocycles. The van der Waals surface area contributed by atoms with Crippen LogP contribution in [0.2, 0.25) is 0 Å². The Kier molecular flexibility index (Phi) is 7.91. The van der Waals surface area contributed by atoms with E-state index in [9.17, 15) is 5.11 Å². The number of hydrogen-bond acceptors (Lipinski definition) is 7. The van der Waals surface area contributed by atoms with Gasteiger partial charge in [0.2, 0.25) is 5.75 Å². The Morgan fingerprint density at radius 1 is 0.833 bits per heavy atom. The van der Waals surface area contributed by atoms with Crippen LogP contribution in [-0.4, -0.2) is 57.6 Å². The molecule has 3 aromatic carbocycles. The van der Waals surface area contributed by atoms with Gasteiger partial charge in [0.25, 0.3) is 0 Å². The lowest BCUT2D eigenvalue weighted by atomic mass is 9.79. The third-order valence-electron chi connectivity index (χ3n) is 6.71. The number of benzene rings is 3. The Balaban J connectivity index is 1.70. The summed E-state index contributed by atoms with van der Waals surface area (Å²) >= 11 is 0. The fraction of sp³-hybridized carbons (Fsp3) is 0.379. The van der Waals surface area contributed by atoms with Gasteiger partial charge in [0, 0.05) is 30.2 Å². The number of aliphatic hydroxyl groups is 1. The van der Waals surface area contributed by atoms with Crippen molar-refractivity contribution in [1.82, 2.24) is 4.90 Å². The van der Waals surface area contributed by atoms with E-state index >= 15 is 0 Å². The van der Waals surface area contributed by atoms with Gasteiger partial charge in [-0.3, -0.25) is 0 Å². The zero-order valence-electron chi connectivity index (χ0n) is 21.7. The highest BCUT2D eigenvalue weighted by Gasteiger charge is 2.41. The van der Waals surface area contributed by atoms with Gasteiger partial charge in [0.05, 0.1) is 21.3 Å². The van der Waals surface area contributed by atoms with Crippen LogP contribution in [-0.2, 0) is 12.0 Å². The molecular weight excluding hydrogens is 458 g/mol. The molecule has 0 fully saturated rings. The van der Waals surface area contributed by atoms with Crippen LogP contribution in [0.4, 0.5) is 0 Å². The monoisotopic (exact) mass is 493 g/mol. The lowest BCUT2D eigenvalue weighted by molar-refractivity contribution is 0.0696. The number of methoxy groups -OCH3 is 3. The lowest BCUT2D eigenvalue weighted by Gasteiger charge is -2.36. The van der Waals surface area contributed by atoms with E-state index in [0.29, 0.717) is 52.2 Å². The summed E-state index contributed by atoms with van der Waals surface area (Å²) in [6.07, 6.45) is 0.277. The van der Waals surface area contributed by atoms with E-state index in [1.807, 2.05) is 54.6 Å².